The molecule has 0 aromatic heterocycles. The van der Waals surface area contributed by atoms with Crippen LogP contribution in [0.5, 0.6) is 0 Å². The van der Waals surface area contributed by atoms with Crippen molar-refractivity contribution in [1.82, 2.24) is 0 Å². The maximum absolute atomic E-state index is 5.32. The molecule has 0 bridgehead atoms. The topological polar surface area (TPSA) is 18.5 Å². The van der Waals surface area contributed by atoms with Crippen LogP contribution in [0, 0.1) is 0 Å². The minimum absolute atomic E-state index is 0.0313. The third kappa shape index (κ3) is 3.26. The van der Waals surface area contributed by atoms with Gasteiger partial charge in [0.15, 0.2) is 6.29 Å². The SMILES string of the molecule is CC=C=COC1CCCCO1. The second-order valence-electron chi connectivity index (χ2n) is 2.51. The number of hydrogen-bond donors (Lipinski definition) is 0. The van der Waals surface area contributed by atoms with Gasteiger partial charge >= 0.3 is 0 Å². The molecule has 0 N–H and O–H groups in total. The van der Waals surface area contributed by atoms with E-state index < -0.39 is 0 Å². The molecule has 0 spiro atoms. The Kier molecular flexibility index (Phi) is 3.81. The predicted molar refractivity (Wildman–Crippen MR) is 43.0 cm³/mol. The van der Waals surface area contributed by atoms with Gasteiger partial charge in [-0.15, -0.1) is 0 Å². The minimum atomic E-state index is -0.0313. The molecule has 11 heavy (non-hydrogen) atoms. The first-order valence-electron chi connectivity index (χ1n) is 4.06. The number of rotatable bonds is 2. The Labute approximate surface area is 67.5 Å². The monoisotopic (exact) mass is 154 g/mol. The van der Waals surface area contributed by atoms with Crippen molar-refractivity contribution < 1.29 is 9.47 Å². The van der Waals surface area contributed by atoms with Crippen LogP contribution >= 0.6 is 0 Å². The molecule has 0 aromatic carbocycles. The molecule has 0 radical (unpaired) electrons. The van der Waals surface area contributed by atoms with E-state index in [-0.39, 0.29) is 6.29 Å². The van der Waals surface area contributed by atoms with Crippen LogP contribution < -0.4 is 0 Å². The quantitative estimate of drug-likeness (QED) is 0.448. The highest BCUT2D eigenvalue weighted by atomic mass is 16.7. The van der Waals surface area contributed by atoms with Gasteiger partial charge in [0.25, 0.3) is 0 Å². The molecule has 1 aliphatic rings. The zero-order chi connectivity index (χ0) is 7.94. The lowest BCUT2D eigenvalue weighted by Crippen LogP contribution is -2.19. The molecular weight excluding hydrogens is 140 g/mol. The van der Waals surface area contributed by atoms with Crippen LogP contribution in [0.15, 0.2) is 18.1 Å². The maximum Gasteiger partial charge on any atom is 0.199 e. The van der Waals surface area contributed by atoms with E-state index in [4.69, 9.17) is 9.47 Å². The summed E-state index contributed by atoms with van der Waals surface area (Å²) in [7, 11) is 0. The van der Waals surface area contributed by atoms with Gasteiger partial charge in [0, 0.05) is 6.42 Å². The maximum atomic E-state index is 5.32. The summed E-state index contributed by atoms with van der Waals surface area (Å²) in [6.07, 6.45) is 6.71. The van der Waals surface area contributed by atoms with E-state index in [1.165, 1.54) is 6.42 Å². The smallest absolute Gasteiger partial charge is 0.199 e. The van der Waals surface area contributed by atoms with Gasteiger partial charge in [-0.2, -0.15) is 0 Å². The van der Waals surface area contributed by atoms with Crippen molar-refractivity contribution in [2.75, 3.05) is 6.61 Å². The molecule has 2 heteroatoms. The fourth-order valence-corrected chi connectivity index (χ4v) is 1.00. The first-order chi connectivity index (χ1) is 5.43. The van der Waals surface area contributed by atoms with Crippen molar-refractivity contribution in [3.63, 3.8) is 0 Å². The first kappa shape index (κ1) is 8.38. The van der Waals surface area contributed by atoms with E-state index in [1.807, 2.05) is 13.0 Å². The Bertz CT molecular complexity index is 151. The summed E-state index contributed by atoms with van der Waals surface area (Å²) in [6.45, 7) is 2.73. The predicted octanol–water partition coefficient (Wildman–Crippen LogP) is 2.22. The van der Waals surface area contributed by atoms with E-state index >= 15 is 0 Å². The highest BCUT2D eigenvalue weighted by molar-refractivity contribution is 4.75. The van der Waals surface area contributed by atoms with Gasteiger partial charge in [-0.25, -0.2) is 0 Å². The highest BCUT2D eigenvalue weighted by Gasteiger charge is 2.12. The summed E-state index contributed by atoms with van der Waals surface area (Å²) in [5.41, 5.74) is 2.84. The zero-order valence-electron chi connectivity index (χ0n) is 6.88. The van der Waals surface area contributed by atoms with Crippen molar-refractivity contribution in [3.05, 3.63) is 18.1 Å². The number of hydrogen-bond acceptors (Lipinski definition) is 2. The van der Waals surface area contributed by atoms with Crippen molar-refractivity contribution in [1.29, 1.82) is 0 Å². The summed E-state index contributed by atoms with van der Waals surface area (Å²) in [6, 6.07) is 0. The van der Waals surface area contributed by atoms with Crippen molar-refractivity contribution in [2.45, 2.75) is 32.5 Å². The normalized spacial score (nSPS) is 23.5. The standard InChI is InChI=1S/C9H14O2/c1-2-3-7-10-9-6-4-5-8-11-9/h2,7,9H,4-6,8H2,1H3. The van der Waals surface area contributed by atoms with Gasteiger partial charge in [0.2, 0.25) is 0 Å². The Hall–Kier alpha value is -0.720. The molecule has 1 fully saturated rings. The average Bonchev–Trinajstić information content (AvgIpc) is 2.07. The Morgan fingerprint density at radius 1 is 1.55 bits per heavy atom. The fourth-order valence-electron chi connectivity index (χ4n) is 1.00. The van der Waals surface area contributed by atoms with Crippen LogP contribution in [0.1, 0.15) is 26.2 Å². The van der Waals surface area contributed by atoms with Crippen LogP contribution in [0.4, 0.5) is 0 Å². The molecule has 1 atom stereocenters. The summed E-state index contributed by atoms with van der Waals surface area (Å²) in [4.78, 5) is 0. The summed E-state index contributed by atoms with van der Waals surface area (Å²) >= 11 is 0. The van der Waals surface area contributed by atoms with Crippen molar-refractivity contribution >= 4 is 0 Å². The number of allylic oxidation sites excluding steroid dienone is 1. The van der Waals surface area contributed by atoms with Gasteiger partial charge in [0.05, 0.1) is 6.61 Å². The van der Waals surface area contributed by atoms with Crippen LogP contribution in [0.25, 0.3) is 0 Å². The molecule has 62 valence electrons. The van der Waals surface area contributed by atoms with Crippen molar-refractivity contribution in [3.8, 4) is 0 Å². The molecule has 0 saturated carbocycles. The molecule has 1 saturated heterocycles. The number of ether oxygens (including phenoxy) is 2. The molecule has 1 rings (SSSR count). The summed E-state index contributed by atoms with van der Waals surface area (Å²) < 4.78 is 10.6. The third-order valence-corrected chi connectivity index (χ3v) is 1.59. The Balaban J connectivity index is 2.19. The minimum Gasteiger partial charge on any atom is -0.464 e. The van der Waals surface area contributed by atoms with Crippen LogP contribution in [0.3, 0.4) is 0 Å². The summed E-state index contributed by atoms with van der Waals surface area (Å²) in [5.74, 6) is 0. The lowest BCUT2D eigenvalue weighted by atomic mass is 10.2. The van der Waals surface area contributed by atoms with Gasteiger partial charge in [-0.3, -0.25) is 0 Å². The van der Waals surface area contributed by atoms with E-state index in [0.29, 0.717) is 0 Å². The summed E-state index contributed by atoms with van der Waals surface area (Å²) in [5, 5.41) is 0. The third-order valence-electron chi connectivity index (χ3n) is 1.59. The lowest BCUT2D eigenvalue weighted by molar-refractivity contribution is -0.129. The second-order valence-corrected chi connectivity index (χ2v) is 2.51. The van der Waals surface area contributed by atoms with Gasteiger partial charge < -0.3 is 9.47 Å². The van der Waals surface area contributed by atoms with E-state index in [2.05, 4.69) is 5.73 Å². The van der Waals surface area contributed by atoms with Crippen LogP contribution in [-0.4, -0.2) is 12.9 Å². The van der Waals surface area contributed by atoms with E-state index in [0.717, 1.165) is 19.4 Å². The first-order valence-corrected chi connectivity index (χ1v) is 4.06. The van der Waals surface area contributed by atoms with Gasteiger partial charge in [-0.1, -0.05) is 5.73 Å². The van der Waals surface area contributed by atoms with Crippen LogP contribution in [0.2, 0.25) is 0 Å². The molecule has 0 amide bonds. The second kappa shape index (κ2) is 5.00. The van der Waals surface area contributed by atoms with E-state index in [9.17, 15) is 0 Å². The molecule has 1 heterocycles. The Morgan fingerprint density at radius 2 is 2.45 bits per heavy atom. The molecule has 0 aliphatic carbocycles. The zero-order valence-corrected chi connectivity index (χ0v) is 6.88. The van der Waals surface area contributed by atoms with E-state index in [1.54, 1.807) is 6.26 Å². The molecule has 1 aliphatic heterocycles. The van der Waals surface area contributed by atoms with Crippen molar-refractivity contribution in [2.24, 2.45) is 0 Å². The highest BCUT2D eigenvalue weighted by Crippen LogP contribution is 2.13. The Morgan fingerprint density at radius 3 is 3.09 bits per heavy atom. The van der Waals surface area contributed by atoms with Crippen LogP contribution in [-0.2, 0) is 9.47 Å². The molecular formula is C9H14O2. The largest absolute Gasteiger partial charge is 0.464 e. The fraction of sp³-hybridized carbons (Fsp3) is 0.667. The lowest BCUT2D eigenvalue weighted by Gasteiger charge is -2.20. The molecule has 2 nitrogen and oxygen atoms in total. The average molecular weight is 154 g/mol. The van der Waals surface area contributed by atoms with Gasteiger partial charge in [0.1, 0.15) is 6.26 Å². The molecule has 0 aromatic rings. The van der Waals surface area contributed by atoms with Gasteiger partial charge in [-0.05, 0) is 25.8 Å². The molecule has 1 unspecified atom stereocenters.